The number of halogens is 2. The highest BCUT2D eigenvalue weighted by Crippen LogP contribution is 2.19. The third-order valence-electron chi connectivity index (χ3n) is 3.04. The van der Waals surface area contributed by atoms with Gasteiger partial charge in [-0.1, -0.05) is 0 Å². The molecule has 2 aromatic carbocycles. The molecule has 0 spiro atoms. The van der Waals surface area contributed by atoms with Gasteiger partial charge in [0.05, 0.1) is 11.7 Å². The molecule has 0 unspecified atom stereocenters. The second kappa shape index (κ2) is 6.30. The monoisotopic (exact) mass is 318 g/mol. The van der Waals surface area contributed by atoms with Crippen molar-refractivity contribution in [2.24, 2.45) is 0 Å². The van der Waals surface area contributed by atoms with E-state index in [1.54, 1.807) is 24.4 Å². The molecular weight excluding hydrogens is 306 g/mol. The Morgan fingerprint density at radius 1 is 1.09 bits per heavy atom. The van der Waals surface area contributed by atoms with Gasteiger partial charge in [0.15, 0.2) is 0 Å². The zero-order chi connectivity index (χ0) is 16.2. The van der Waals surface area contributed by atoms with Gasteiger partial charge in [0.25, 0.3) is 0 Å². The highest BCUT2D eigenvalue weighted by molar-refractivity contribution is 6.00. The molecule has 0 radical (unpaired) electrons. The lowest BCUT2D eigenvalue weighted by molar-refractivity contribution is -0.0498. The van der Waals surface area contributed by atoms with Crippen LogP contribution in [0.3, 0.4) is 0 Å². The molecule has 0 aliphatic heterocycles. The van der Waals surface area contributed by atoms with E-state index >= 15 is 0 Å². The van der Waals surface area contributed by atoms with Crippen LogP contribution in [0.1, 0.15) is 0 Å². The molecule has 0 fully saturated rings. The van der Waals surface area contributed by atoms with Crippen LogP contribution in [-0.4, -0.2) is 22.8 Å². The number of nitrogens with zero attached hydrogens (tertiary/aromatic N) is 1. The van der Waals surface area contributed by atoms with E-state index in [4.69, 9.17) is 0 Å². The molecule has 118 valence electrons. The van der Waals surface area contributed by atoms with Crippen molar-refractivity contribution in [2.45, 2.75) is 6.61 Å². The van der Waals surface area contributed by atoms with E-state index in [-0.39, 0.29) is 5.75 Å². The Labute approximate surface area is 129 Å². The van der Waals surface area contributed by atoms with Crippen molar-refractivity contribution in [3.63, 3.8) is 0 Å². The van der Waals surface area contributed by atoms with E-state index in [1.165, 1.54) is 24.3 Å². The third-order valence-corrected chi connectivity index (χ3v) is 3.04. The summed E-state index contributed by atoms with van der Waals surface area (Å²) in [5, 5.41) is 12.9. The zero-order valence-electron chi connectivity index (χ0n) is 11.7. The van der Waals surface area contributed by atoms with Crippen LogP contribution in [0.2, 0.25) is 0 Å². The molecule has 8 heteroatoms. The van der Waals surface area contributed by atoms with Gasteiger partial charge < -0.3 is 15.4 Å². The first-order valence-electron chi connectivity index (χ1n) is 6.66. The Hall–Kier alpha value is -3.16. The lowest BCUT2D eigenvalue weighted by atomic mass is 10.2. The van der Waals surface area contributed by atoms with Crippen LogP contribution in [0, 0.1) is 0 Å². The topological polar surface area (TPSA) is 79.0 Å². The van der Waals surface area contributed by atoms with E-state index in [2.05, 4.69) is 25.6 Å². The maximum absolute atomic E-state index is 12.1. The Morgan fingerprint density at radius 3 is 2.52 bits per heavy atom. The number of carbonyl (C=O) groups excluding carboxylic acids is 1. The predicted octanol–water partition coefficient (Wildman–Crippen LogP) is 3.81. The van der Waals surface area contributed by atoms with Gasteiger partial charge in [-0.3, -0.25) is 5.10 Å². The molecule has 3 N–H and O–H groups in total. The summed E-state index contributed by atoms with van der Waals surface area (Å²) in [6.07, 6.45) is 1.65. The van der Waals surface area contributed by atoms with Gasteiger partial charge in [-0.25, -0.2) is 4.79 Å². The minimum atomic E-state index is -2.88. The van der Waals surface area contributed by atoms with Crippen molar-refractivity contribution in [3.8, 4) is 5.75 Å². The highest BCUT2D eigenvalue weighted by atomic mass is 19.3. The second-order valence-corrected chi connectivity index (χ2v) is 4.65. The summed E-state index contributed by atoms with van der Waals surface area (Å²) in [6, 6.07) is 10.5. The number of hydrogen-bond acceptors (Lipinski definition) is 3. The van der Waals surface area contributed by atoms with Crippen LogP contribution >= 0.6 is 0 Å². The van der Waals surface area contributed by atoms with Crippen LogP contribution in [-0.2, 0) is 0 Å². The van der Waals surface area contributed by atoms with Gasteiger partial charge in [-0.15, -0.1) is 0 Å². The molecule has 2 amide bonds. The summed E-state index contributed by atoms with van der Waals surface area (Å²) in [5.74, 6) is 0.0244. The standard InChI is InChI=1S/C15H12F2N4O2/c16-14(17)23-12-4-1-10(2-5-12)19-15(22)20-11-3-6-13-9(7-11)8-18-21-13/h1-8,14H,(H,18,21)(H2,19,20,22). The summed E-state index contributed by atoms with van der Waals surface area (Å²) in [5.41, 5.74) is 1.92. The van der Waals surface area contributed by atoms with Crippen LogP contribution in [0.25, 0.3) is 10.9 Å². The predicted molar refractivity (Wildman–Crippen MR) is 81.8 cm³/mol. The van der Waals surface area contributed by atoms with Crippen molar-refractivity contribution in [1.29, 1.82) is 0 Å². The summed E-state index contributed by atoms with van der Waals surface area (Å²) in [4.78, 5) is 11.9. The Bertz CT molecular complexity index is 818. The van der Waals surface area contributed by atoms with Crippen LogP contribution < -0.4 is 15.4 Å². The molecule has 1 aromatic heterocycles. The second-order valence-electron chi connectivity index (χ2n) is 4.65. The minimum absolute atomic E-state index is 0.0244. The number of amides is 2. The SMILES string of the molecule is O=C(Nc1ccc(OC(F)F)cc1)Nc1ccc2[nH]ncc2c1. The van der Waals surface area contributed by atoms with Crippen molar-refractivity contribution in [3.05, 3.63) is 48.7 Å². The number of H-pyrrole nitrogens is 1. The first kappa shape index (κ1) is 14.8. The Morgan fingerprint density at radius 2 is 1.78 bits per heavy atom. The number of carbonyl (C=O) groups is 1. The van der Waals surface area contributed by atoms with Crippen LogP contribution in [0.5, 0.6) is 5.75 Å². The molecule has 3 rings (SSSR count). The van der Waals surface area contributed by atoms with E-state index in [1.807, 2.05) is 0 Å². The van der Waals surface area contributed by atoms with E-state index in [0.717, 1.165) is 10.9 Å². The maximum Gasteiger partial charge on any atom is 0.387 e. The fourth-order valence-corrected chi connectivity index (χ4v) is 2.03. The molecule has 1 heterocycles. The molecule has 0 atom stereocenters. The van der Waals surface area contributed by atoms with Gasteiger partial charge in [-0.2, -0.15) is 13.9 Å². The van der Waals surface area contributed by atoms with Crippen molar-refractivity contribution < 1.29 is 18.3 Å². The number of fused-ring (bicyclic) bond motifs is 1. The average Bonchev–Trinajstić information content (AvgIpc) is 2.96. The molecule has 0 saturated heterocycles. The number of anilines is 2. The summed E-state index contributed by atoms with van der Waals surface area (Å²) < 4.78 is 28.3. The van der Waals surface area contributed by atoms with Crippen LogP contribution in [0.15, 0.2) is 48.7 Å². The first-order valence-corrected chi connectivity index (χ1v) is 6.66. The third kappa shape index (κ3) is 3.73. The number of aromatic amines is 1. The number of hydrogen-bond donors (Lipinski definition) is 3. The minimum Gasteiger partial charge on any atom is -0.435 e. The highest BCUT2D eigenvalue weighted by Gasteiger charge is 2.06. The number of urea groups is 1. The zero-order valence-corrected chi connectivity index (χ0v) is 11.7. The smallest absolute Gasteiger partial charge is 0.387 e. The van der Waals surface area contributed by atoms with Gasteiger partial charge in [0.1, 0.15) is 5.75 Å². The average molecular weight is 318 g/mol. The number of ether oxygens (including phenoxy) is 1. The maximum atomic E-state index is 12.1. The van der Waals surface area contributed by atoms with Crippen molar-refractivity contribution in [2.75, 3.05) is 10.6 Å². The summed E-state index contributed by atoms with van der Waals surface area (Å²) in [7, 11) is 0. The number of aromatic nitrogens is 2. The van der Waals surface area contributed by atoms with E-state index < -0.39 is 12.6 Å². The molecule has 0 aliphatic rings. The molecular formula is C15H12F2N4O2. The number of rotatable bonds is 4. The first-order chi connectivity index (χ1) is 11.1. The Balaban J connectivity index is 1.62. The number of alkyl halides is 2. The van der Waals surface area contributed by atoms with Gasteiger partial charge >= 0.3 is 12.6 Å². The van der Waals surface area contributed by atoms with Crippen LogP contribution in [0.4, 0.5) is 25.0 Å². The van der Waals surface area contributed by atoms with Gasteiger partial charge in [-0.05, 0) is 42.5 Å². The largest absolute Gasteiger partial charge is 0.435 e. The molecule has 0 aliphatic carbocycles. The quantitative estimate of drug-likeness (QED) is 0.684. The molecule has 3 aromatic rings. The fourth-order valence-electron chi connectivity index (χ4n) is 2.03. The number of benzene rings is 2. The summed E-state index contributed by atoms with van der Waals surface area (Å²) >= 11 is 0. The molecule has 6 nitrogen and oxygen atoms in total. The molecule has 23 heavy (non-hydrogen) atoms. The molecule has 0 bridgehead atoms. The van der Waals surface area contributed by atoms with Crippen molar-refractivity contribution in [1.82, 2.24) is 10.2 Å². The summed E-state index contributed by atoms with van der Waals surface area (Å²) in [6.45, 7) is -2.88. The lowest BCUT2D eigenvalue weighted by Gasteiger charge is -2.09. The molecule has 0 saturated carbocycles. The fraction of sp³-hybridized carbons (Fsp3) is 0.0667. The van der Waals surface area contributed by atoms with E-state index in [9.17, 15) is 13.6 Å². The van der Waals surface area contributed by atoms with Crippen molar-refractivity contribution >= 4 is 28.3 Å². The van der Waals surface area contributed by atoms with E-state index in [0.29, 0.717) is 11.4 Å². The lowest BCUT2D eigenvalue weighted by Crippen LogP contribution is -2.19. The number of nitrogens with one attached hydrogen (secondary N) is 3. The van der Waals surface area contributed by atoms with Gasteiger partial charge in [0, 0.05) is 16.8 Å². The normalized spacial score (nSPS) is 10.7. The Kier molecular flexibility index (Phi) is 4.05. The van der Waals surface area contributed by atoms with Gasteiger partial charge in [0.2, 0.25) is 0 Å².